The third-order valence-corrected chi connectivity index (χ3v) is 5.36. The van der Waals surface area contributed by atoms with E-state index in [1.165, 1.54) is 11.1 Å². The van der Waals surface area contributed by atoms with Gasteiger partial charge in [-0.05, 0) is 29.8 Å². The zero-order chi connectivity index (χ0) is 18.9. The Morgan fingerprint density at radius 1 is 1.00 bits per heavy atom. The van der Waals surface area contributed by atoms with Crippen molar-refractivity contribution in [2.45, 2.75) is 18.9 Å². The van der Waals surface area contributed by atoms with Crippen LogP contribution in [0.25, 0.3) is 0 Å². The fourth-order valence-corrected chi connectivity index (χ4v) is 3.74. The molecule has 3 rings (SSSR count). The van der Waals surface area contributed by atoms with Crippen molar-refractivity contribution in [3.63, 3.8) is 0 Å². The summed E-state index contributed by atoms with van der Waals surface area (Å²) in [5.74, 6) is 0. The molecule has 0 aromatic heterocycles. The van der Waals surface area contributed by atoms with Crippen LogP contribution in [0.1, 0.15) is 23.6 Å². The van der Waals surface area contributed by atoms with E-state index in [0.29, 0.717) is 6.42 Å². The number of hydrogen-bond donors (Lipinski definition) is 1. The Hall–Kier alpha value is -2.42. The molecule has 0 bridgehead atoms. The van der Waals surface area contributed by atoms with E-state index in [1.54, 1.807) is 0 Å². The van der Waals surface area contributed by atoms with Crippen LogP contribution in [-0.4, -0.2) is 47.6 Å². The van der Waals surface area contributed by atoms with Crippen LogP contribution < -0.4 is 5.32 Å². The predicted molar refractivity (Wildman–Crippen MR) is 113 cm³/mol. The van der Waals surface area contributed by atoms with Gasteiger partial charge in [0, 0.05) is 39.1 Å². The van der Waals surface area contributed by atoms with Gasteiger partial charge in [-0.2, -0.15) is 5.26 Å². The zero-order valence-corrected chi connectivity index (χ0v) is 16.4. The van der Waals surface area contributed by atoms with Gasteiger partial charge in [0.25, 0.3) is 0 Å². The molecule has 1 unspecified atom stereocenters. The van der Waals surface area contributed by atoms with E-state index in [2.05, 4.69) is 69.7 Å². The van der Waals surface area contributed by atoms with Gasteiger partial charge in [-0.3, -0.25) is 4.90 Å². The Morgan fingerprint density at radius 3 is 2.26 bits per heavy atom. The van der Waals surface area contributed by atoms with Gasteiger partial charge in [-0.15, -0.1) is 0 Å². The summed E-state index contributed by atoms with van der Waals surface area (Å²) in [7, 11) is 0. The van der Waals surface area contributed by atoms with E-state index >= 15 is 0 Å². The summed E-state index contributed by atoms with van der Waals surface area (Å²) >= 11 is 5.74. The Labute approximate surface area is 167 Å². The minimum Gasteiger partial charge on any atom is -0.355 e. The second kappa shape index (κ2) is 10.1. The smallest absolute Gasteiger partial charge is 0.169 e. The highest BCUT2D eigenvalue weighted by atomic mass is 32.1. The number of nitrogens with zero attached hydrogens (tertiary/aromatic N) is 3. The molecule has 1 aliphatic rings. The molecular weight excluding hydrogens is 352 g/mol. The first-order valence-corrected chi connectivity index (χ1v) is 9.90. The maximum absolute atomic E-state index is 8.75. The van der Waals surface area contributed by atoms with Gasteiger partial charge in [0.05, 0.1) is 12.1 Å². The molecule has 1 saturated heterocycles. The number of benzene rings is 2. The largest absolute Gasteiger partial charge is 0.355 e. The number of nitrogens with one attached hydrogen (secondary N) is 1. The molecule has 4 nitrogen and oxygen atoms in total. The van der Waals surface area contributed by atoms with Gasteiger partial charge in [-0.1, -0.05) is 60.7 Å². The van der Waals surface area contributed by atoms with Crippen LogP contribution in [0.4, 0.5) is 0 Å². The lowest BCUT2D eigenvalue weighted by Gasteiger charge is -2.37. The van der Waals surface area contributed by atoms with Crippen molar-refractivity contribution in [3.05, 3.63) is 71.8 Å². The summed E-state index contributed by atoms with van der Waals surface area (Å²) < 4.78 is 0. The Bertz CT molecular complexity index is 749. The van der Waals surface area contributed by atoms with Crippen LogP contribution in [0, 0.1) is 11.3 Å². The summed E-state index contributed by atoms with van der Waals surface area (Å²) in [6.45, 7) is 4.58. The predicted octanol–water partition coefficient (Wildman–Crippen LogP) is 3.38. The topological polar surface area (TPSA) is 42.3 Å². The molecule has 1 fully saturated rings. The summed E-state index contributed by atoms with van der Waals surface area (Å²) in [6, 6.07) is 23.4. The number of thiocarbonyl (C=S) groups is 1. The first-order valence-electron chi connectivity index (χ1n) is 9.50. The van der Waals surface area contributed by atoms with Gasteiger partial charge in [-0.25, -0.2) is 0 Å². The molecule has 1 aliphatic heterocycles. The summed E-state index contributed by atoms with van der Waals surface area (Å²) in [5.41, 5.74) is 2.54. The van der Waals surface area contributed by atoms with Crippen LogP contribution >= 0.6 is 12.2 Å². The molecule has 0 amide bonds. The van der Waals surface area contributed by atoms with Crippen molar-refractivity contribution < 1.29 is 0 Å². The second-order valence-corrected chi connectivity index (χ2v) is 7.23. The first kappa shape index (κ1) is 19.3. The molecule has 0 saturated carbocycles. The third kappa shape index (κ3) is 5.78. The molecule has 1 atom stereocenters. The fourth-order valence-electron chi connectivity index (χ4n) is 3.41. The average Bonchev–Trinajstić information content (AvgIpc) is 2.73. The monoisotopic (exact) mass is 378 g/mol. The first-order chi connectivity index (χ1) is 13.3. The second-order valence-electron chi connectivity index (χ2n) is 6.84. The molecular formula is C22H26N4S. The number of piperazine rings is 1. The van der Waals surface area contributed by atoms with Crippen LogP contribution in [0.3, 0.4) is 0 Å². The minimum absolute atomic E-state index is 0.151. The van der Waals surface area contributed by atoms with E-state index in [1.807, 2.05) is 12.1 Å². The van der Waals surface area contributed by atoms with E-state index in [9.17, 15) is 0 Å². The Balaban J connectivity index is 1.62. The number of rotatable bonds is 6. The molecule has 0 spiro atoms. The molecule has 140 valence electrons. The van der Waals surface area contributed by atoms with Crippen LogP contribution in [0.5, 0.6) is 0 Å². The molecule has 1 heterocycles. The van der Waals surface area contributed by atoms with Crippen molar-refractivity contribution in [1.82, 2.24) is 15.1 Å². The summed E-state index contributed by atoms with van der Waals surface area (Å²) in [4.78, 5) is 4.58. The van der Waals surface area contributed by atoms with E-state index in [-0.39, 0.29) is 6.04 Å². The highest BCUT2D eigenvalue weighted by molar-refractivity contribution is 7.80. The normalized spacial score (nSPS) is 15.7. The number of hydrogen-bond acceptors (Lipinski definition) is 3. The molecule has 5 heteroatoms. The lowest BCUT2D eigenvalue weighted by Crippen LogP contribution is -2.52. The number of nitriles is 1. The van der Waals surface area contributed by atoms with E-state index in [4.69, 9.17) is 17.5 Å². The molecule has 1 N–H and O–H groups in total. The molecule has 2 aromatic carbocycles. The Morgan fingerprint density at radius 2 is 1.63 bits per heavy atom. The lowest BCUT2D eigenvalue weighted by atomic mass is 9.99. The van der Waals surface area contributed by atoms with Crippen molar-refractivity contribution in [3.8, 4) is 6.07 Å². The molecule has 2 aromatic rings. The van der Waals surface area contributed by atoms with Crippen LogP contribution in [0.2, 0.25) is 0 Å². The molecule has 27 heavy (non-hydrogen) atoms. The summed E-state index contributed by atoms with van der Waals surface area (Å²) in [6.07, 6.45) is 1.49. The van der Waals surface area contributed by atoms with Crippen LogP contribution in [0.15, 0.2) is 60.7 Å². The quantitative estimate of drug-likeness (QED) is 0.781. The van der Waals surface area contributed by atoms with Crippen molar-refractivity contribution in [1.29, 1.82) is 5.26 Å². The van der Waals surface area contributed by atoms with Gasteiger partial charge in [0.15, 0.2) is 5.11 Å². The average molecular weight is 379 g/mol. The van der Waals surface area contributed by atoms with E-state index < -0.39 is 0 Å². The summed E-state index contributed by atoms with van der Waals surface area (Å²) in [5, 5.41) is 13.2. The van der Waals surface area contributed by atoms with E-state index in [0.717, 1.165) is 44.3 Å². The fraction of sp³-hybridized carbons (Fsp3) is 0.364. The molecule has 0 aliphatic carbocycles. The minimum atomic E-state index is 0.151. The van der Waals surface area contributed by atoms with Crippen molar-refractivity contribution in [2.75, 3.05) is 32.7 Å². The maximum atomic E-state index is 8.75. The van der Waals surface area contributed by atoms with Crippen LogP contribution in [-0.2, 0) is 6.42 Å². The van der Waals surface area contributed by atoms with Crippen molar-refractivity contribution >= 4 is 17.3 Å². The molecule has 0 radical (unpaired) electrons. The van der Waals surface area contributed by atoms with Gasteiger partial charge < -0.3 is 10.2 Å². The zero-order valence-electron chi connectivity index (χ0n) is 15.6. The standard InChI is InChI=1S/C22H26N4S/c23-12-7-13-25-14-16-26(17-15-25)22(27)24-21(20-10-5-2-6-11-20)18-19-8-3-1-4-9-19/h1-6,8-11,21H,7,13-18H2,(H,24,27). The SMILES string of the molecule is N#CCCN1CCN(C(=S)NC(Cc2ccccc2)c2ccccc2)CC1. The third-order valence-electron chi connectivity index (χ3n) is 4.98. The highest BCUT2D eigenvalue weighted by Crippen LogP contribution is 2.19. The Kier molecular flexibility index (Phi) is 7.20. The van der Waals surface area contributed by atoms with Gasteiger partial charge in [0.1, 0.15) is 0 Å². The maximum Gasteiger partial charge on any atom is 0.169 e. The van der Waals surface area contributed by atoms with Gasteiger partial charge >= 0.3 is 0 Å². The van der Waals surface area contributed by atoms with Gasteiger partial charge in [0.2, 0.25) is 0 Å². The lowest BCUT2D eigenvalue weighted by molar-refractivity contribution is 0.183. The van der Waals surface area contributed by atoms with Crippen molar-refractivity contribution in [2.24, 2.45) is 0 Å². The highest BCUT2D eigenvalue weighted by Gasteiger charge is 2.21.